The lowest BCUT2D eigenvalue weighted by atomic mass is 9.91. The third-order valence-electron chi connectivity index (χ3n) is 4.59. The molecule has 0 saturated heterocycles. The number of ether oxygens (including phenoxy) is 1. The predicted octanol–water partition coefficient (Wildman–Crippen LogP) is 4.32. The second-order valence-corrected chi connectivity index (χ2v) is 6.23. The quantitative estimate of drug-likeness (QED) is 0.629. The van der Waals surface area contributed by atoms with Crippen molar-refractivity contribution in [3.8, 4) is 16.9 Å². The van der Waals surface area contributed by atoms with Crippen LogP contribution in [0.5, 0.6) is 5.75 Å². The van der Waals surface area contributed by atoms with Crippen molar-refractivity contribution in [2.75, 3.05) is 6.61 Å². The summed E-state index contributed by atoms with van der Waals surface area (Å²) in [5.74, 6) is 0.870. The summed E-state index contributed by atoms with van der Waals surface area (Å²) in [6.45, 7) is 6.76. The van der Waals surface area contributed by atoms with Crippen molar-refractivity contribution in [2.24, 2.45) is 0 Å². The van der Waals surface area contributed by atoms with Crippen molar-refractivity contribution >= 4 is 11.0 Å². The van der Waals surface area contributed by atoms with Crippen LogP contribution >= 0.6 is 0 Å². The predicted molar refractivity (Wildman–Crippen MR) is 91.3 cm³/mol. The molecule has 0 N–H and O–H groups in total. The fourth-order valence-corrected chi connectivity index (χ4v) is 3.63. The molecule has 23 heavy (non-hydrogen) atoms. The first-order chi connectivity index (χ1) is 11.1. The fourth-order valence-electron chi connectivity index (χ4n) is 3.63. The van der Waals surface area contributed by atoms with Gasteiger partial charge < -0.3 is 9.15 Å². The Morgan fingerprint density at radius 1 is 1.09 bits per heavy atom. The topological polar surface area (TPSA) is 39.4 Å². The Morgan fingerprint density at radius 3 is 2.70 bits per heavy atom. The minimum absolute atomic E-state index is 0.299. The molecule has 0 aliphatic carbocycles. The lowest BCUT2D eigenvalue weighted by Gasteiger charge is -2.16. The van der Waals surface area contributed by atoms with Crippen LogP contribution in [0.1, 0.15) is 22.3 Å². The van der Waals surface area contributed by atoms with Gasteiger partial charge in [-0.05, 0) is 37.5 Å². The molecular weight excluding hydrogens is 288 g/mol. The number of fused-ring (bicyclic) bond motifs is 3. The van der Waals surface area contributed by atoms with Crippen LogP contribution in [-0.2, 0) is 6.42 Å². The molecule has 1 aromatic heterocycles. The first-order valence-corrected chi connectivity index (χ1v) is 7.86. The molecule has 0 fully saturated rings. The van der Waals surface area contributed by atoms with E-state index in [4.69, 9.17) is 9.15 Å². The van der Waals surface area contributed by atoms with E-state index in [1.807, 2.05) is 6.92 Å². The second kappa shape index (κ2) is 4.98. The Morgan fingerprint density at radius 2 is 1.91 bits per heavy atom. The van der Waals surface area contributed by atoms with Gasteiger partial charge >= 0.3 is 5.63 Å². The van der Waals surface area contributed by atoms with Crippen LogP contribution in [0, 0.1) is 20.8 Å². The third kappa shape index (κ3) is 2.07. The highest BCUT2D eigenvalue weighted by Gasteiger charge is 2.26. The van der Waals surface area contributed by atoms with E-state index in [0.29, 0.717) is 12.2 Å². The van der Waals surface area contributed by atoms with Crippen LogP contribution in [0.2, 0.25) is 0 Å². The lowest BCUT2D eigenvalue weighted by molar-refractivity contribution is 0.358. The maximum absolute atomic E-state index is 11.8. The zero-order valence-electron chi connectivity index (χ0n) is 13.5. The molecular formula is C20H18O3. The van der Waals surface area contributed by atoms with Gasteiger partial charge in [-0.15, -0.1) is 0 Å². The number of hydrogen-bond acceptors (Lipinski definition) is 3. The maximum atomic E-state index is 11.8. The molecule has 2 aromatic carbocycles. The molecule has 4 rings (SSSR count). The Balaban J connectivity index is 2.18. The minimum atomic E-state index is -0.299. The maximum Gasteiger partial charge on any atom is 0.336 e. The highest BCUT2D eigenvalue weighted by atomic mass is 16.5. The average Bonchev–Trinajstić information content (AvgIpc) is 2.96. The van der Waals surface area contributed by atoms with E-state index >= 15 is 0 Å². The normalized spacial score (nSPS) is 13.2. The molecule has 0 radical (unpaired) electrons. The fraction of sp³-hybridized carbons (Fsp3) is 0.250. The summed E-state index contributed by atoms with van der Waals surface area (Å²) in [6, 6.07) is 10.00. The van der Waals surface area contributed by atoms with Crippen LogP contribution in [0.15, 0.2) is 39.5 Å². The van der Waals surface area contributed by atoms with Gasteiger partial charge in [0.25, 0.3) is 0 Å². The van der Waals surface area contributed by atoms with Crippen molar-refractivity contribution in [1.82, 2.24) is 0 Å². The Hall–Kier alpha value is -2.55. The van der Waals surface area contributed by atoms with E-state index in [-0.39, 0.29) is 5.63 Å². The Kier molecular flexibility index (Phi) is 3.05. The van der Waals surface area contributed by atoms with Crippen LogP contribution in [-0.4, -0.2) is 6.61 Å². The SMILES string of the molecule is Cc1cccc(-c2c3c(c4oc(=O)cc(C)c4c2C)CCO3)c1. The zero-order chi connectivity index (χ0) is 16.1. The van der Waals surface area contributed by atoms with Crippen molar-refractivity contribution in [2.45, 2.75) is 27.2 Å². The van der Waals surface area contributed by atoms with Gasteiger partial charge in [0, 0.05) is 29.0 Å². The van der Waals surface area contributed by atoms with E-state index in [2.05, 4.69) is 38.1 Å². The van der Waals surface area contributed by atoms with Crippen molar-refractivity contribution in [3.63, 3.8) is 0 Å². The van der Waals surface area contributed by atoms with E-state index in [0.717, 1.165) is 45.4 Å². The molecule has 2 heterocycles. The highest BCUT2D eigenvalue weighted by Crippen LogP contribution is 2.45. The molecule has 116 valence electrons. The third-order valence-corrected chi connectivity index (χ3v) is 4.59. The van der Waals surface area contributed by atoms with E-state index in [1.165, 1.54) is 5.56 Å². The smallest absolute Gasteiger partial charge is 0.336 e. The van der Waals surface area contributed by atoms with Gasteiger partial charge in [0.05, 0.1) is 6.61 Å². The first-order valence-electron chi connectivity index (χ1n) is 7.86. The van der Waals surface area contributed by atoms with Crippen LogP contribution in [0.25, 0.3) is 22.1 Å². The van der Waals surface area contributed by atoms with Gasteiger partial charge in [-0.25, -0.2) is 4.79 Å². The Labute approximate surface area is 134 Å². The molecule has 0 spiro atoms. The molecule has 3 nitrogen and oxygen atoms in total. The van der Waals surface area contributed by atoms with Gasteiger partial charge in [0.2, 0.25) is 0 Å². The second-order valence-electron chi connectivity index (χ2n) is 6.23. The van der Waals surface area contributed by atoms with Crippen molar-refractivity contribution < 1.29 is 9.15 Å². The molecule has 0 unspecified atom stereocenters. The molecule has 1 aliphatic rings. The summed E-state index contributed by atoms with van der Waals surface area (Å²) >= 11 is 0. The van der Waals surface area contributed by atoms with Gasteiger partial charge in [-0.2, -0.15) is 0 Å². The number of hydrogen-bond donors (Lipinski definition) is 0. The van der Waals surface area contributed by atoms with Crippen molar-refractivity contribution in [1.29, 1.82) is 0 Å². The van der Waals surface area contributed by atoms with E-state index in [1.54, 1.807) is 6.07 Å². The van der Waals surface area contributed by atoms with Gasteiger partial charge in [-0.1, -0.05) is 29.8 Å². The molecule has 3 aromatic rings. The highest BCUT2D eigenvalue weighted by molar-refractivity contribution is 5.96. The lowest BCUT2D eigenvalue weighted by Crippen LogP contribution is -2.02. The van der Waals surface area contributed by atoms with Crippen molar-refractivity contribution in [3.05, 3.63) is 63.0 Å². The van der Waals surface area contributed by atoms with Gasteiger partial charge in [0.15, 0.2) is 0 Å². The number of benzene rings is 2. The van der Waals surface area contributed by atoms with E-state index in [9.17, 15) is 4.79 Å². The first kappa shape index (κ1) is 14.1. The summed E-state index contributed by atoms with van der Waals surface area (Å²) < 4.78 is 11.5. The summed E-state index contributed by atoms with van der Waals surface area (Å²) in [5.41, 5.74) is 6.94. The van der Waals surface area contributed by atoms with Crippen LogP contribution in [0.3, 0.4) is 0 Å². The van der Waals surface area contributed by atoms with E-state index < -0.39 is 0 Å². The summed E-state index contributed by atoms with van der Waals surface area (Å²) in [4.78, 5) is 11.8. The summed E-state index contributed by atoms with van der Waals surface area (Å²) in [6.07, 6.45) is 0.775. The van der Waals surface area contributed by atoms with Gasteiger partial charge in [0.1, 0.15) is 11.3 Å². The van der Waals surface area contributed by atoms with Crippen LogP contribution < -0.4 is 10.4 Å². The molecule has 0 amide bonds. The molecule has 3 heteroatoms. The standard InChI is InChI=1S/C20H18O3/c1-11-5-4-6-14(9-11)18-13(3)17-12(2)10-16(21)23-20(17)15-7-8-22-19(15)18/h4-6,9-10H,7-8H2,1-3H3. The monoisotopic (exact) mass is 306 g/mol. The average molecular weight is 306 g/mol. The number of rotatable bonds is 1. The summed E-state index contributed by atoms with van der Waals surface area (Å²) in [7, 11) is 0. The molecule has 0 atom stereocenters. The molecule has 1 aliphatic heterocycles. The largest absolute Gasteiger partial charge is 0.492 e. The zero-order valence-corrected chi connectivity index (χ0v) is 13.5. The molecule has 0 saturated carbocycles. The molecule has 0 bridgehead atoms. The van der Waals surface area contributed by atoms with Gasteiger partial charge in [-0.3, -0.25) is 0 Å². The number of aryl methyl sites for hydroxylation is 3. The van der Waals surface area contributed by atoms with Crippen LogP contribution in [0.4, 0.5) is 0 Å². The summed E-state index contributed by atoms with van der Waals surface area (Å²) in [5, 5.41) is 1.03. The minimum Gasteiger partial charge on any atom is -0.492 e. The Bertz CT molecular complexity index is 996.